The van der Waals surface area contributed by atoms with Gasteiger partial charge in [-0.05, 0) is 25.3 Å². The Hall–Kier alpha value is -1.43. The highest BCUT2D eigenvalue weighted by Crippen LogP contribution is 2.29. The van der Waals surface area contributed by atoms with Crippen molar-refractivity contribution in [2.24, 2.45) is 4.99 Å². The van der Waals surface area contributed by atoms with Crippen molar-refractivity contribution < 1.29 is 13.7 Å². The summed E-state index contributed by atoms with van der Waals surface area (Å²) >= 11 is 0. The largest absolute Gasteiger partial charge is 0.462 e. The van der Waals surface area contributed by atoms with Crippen molar-refractivity contribution in [3.63, 3.8) is 0 Å². The fraction of sp³-hybridized carbons (Fsp3) is 0.571. The lowest BCUT2D eigenvalue weighted by Gasteiger charge is -2.24. The quantitative estimate of drug-likeness (QED) is 0.730. The predicted octanol–water partition coefficient (Wildman–Crippen LogP) is 2.29. The molecule has 2 heterocycles. The van der Waals surface area contributed by atoms with Crippen LogP contribution in [0.25, 0.3) is 0 Å². The summed E-state index contributed by atoms with van der Waals surface area (Å²) in [6.07, 6.45) is 4.41. The Morgan fingerprint density at radius 1 is 1.45 bits per heavy atom. The highest BCUT2D eigenvalue weighted by Gasteiger charge is 2.36. The standard InChI is InChI=1S/C14H20N2O3S/c1-4-7-11-10(5-2)8-16-9-12(13(17)19-6-3)20(18)14(16)15-11/h9H,4-8H2,1-3H3. The summed E-state index contributed by atoms with van der Waals surface area (Å²) in [4.78, 5) is 18.3. The summed E-state index contributed by atoms with van der Waals surface area (Å²) in [6, 6.07) is 0. The van der Waals surface area contributed by atoms with Crippen LogP contribution in [0.1, 0.15) is 40.0 Å². The number of aliphatic imine (C=N–C) groups is 1. The van der Waals surface area contributed by atoms with Crippen molar-refractivity contribution in [2.75, 3.05) is 13.2 Å². The lowest BCUT2D eigenvalue weighted by Crippen LogP contribution is -2.30. The molecule has 0 bridgehead atoms. The molecule has 110 valence electrons. The number of allylic oxidation sites excluding steroid dienone is 1. The van der Waals surface area contributed by atoms with Crippen molar-refractivity contribution >= 4 is 21.9 Å². The van der Waals surface area contributed by atoms with Crippen molar-refractivity contribution in [2.45, 2.75) is 40.0 Å². The number of hydrogen-bond acceptors (Lipinski definition) is 5. The van der Waals surface area contributed by atoms with Gasteiger partial charge in [0.15, 0.2) is 0 Å². The SMILES string of the molecule is CCCC1=C(CC)CN2C=C(C(=O)OCC)S(=O)C2=N1. The van der Waals surface area contributed by atoms with Crippen LogP contribution in [-0.4, -0.2) is 33.4 Å². The van der Waals surface area contributed by atoms with Crippen molar-refractivity contribution in [3.8, 4) is 0 Å². The monoisotopic (exact) mass is 296 g/mol. The van der Waals surface area contributed by atoms with Gasteiger partial charge in [0.2, 0.25) is 5.17 Å². The van der Waals surface area contributed by atoms with Crippen LogP contribution >= 0.6 is 0 Å². The van der Waals surface area contributed by atoms with Crippen molar-refractivity contribution in [1.82, 2.24) is 4.90 Å². The van der Waals surface area contributed by atoms with Crippen LogP contribution in [0.2, 0.25) is 0 Å². The van der Waals surface area contributed by atoms with Crippen LogP contribution in [-0.2, 0) is 20.3 Å². The van der Waals surface area contributed by atoms with E-state index in [-0.39, 0.29) is 11.5 Å². The van der Waals surface area contributed by atoms with E-state index in [2.05, 4.69) is 18.8 Å². The molecule has 2 aliphatic rings. The first kappa shape index (κ1) is 15.0. The maximum atomic E-state index is 12.3. The van der Waals surface area contributed by atoms with Crippen molar-refractivity contribution in [1.29, 1.82) is 0 Å². The number of carbonyl (C=O) groups is 1. The second-order valence-electron chi connectivity index (χ2n) is 4.66. The van der Waals surface area contributed by atoms with E-state index in [1.165, 1.54) is 5.57 Å². The fourth-order valence-corrected chi connectivity index (χ4v) is 3.43. The maximum absolute atomic E-state index is 12.3. The molecule has 0 aromatic heterocycles. The molecular formula is C14H20N2O3S. The van der Waals surface area contributed by atoms with Crippen LogP contribution < -0.4 is 0 Å². The first-order valence-electron chi connectivity index (χ1n) is 6.99. The van der Waals surface area contributed by atoms with Crippen LogP contribution in [0.4, 0.5) is 0 Å². The van der Waals surface area contributed by atoms with Gasteiger partial charge in [-0.2, -0.15) is 0 Å². The Morgan fingerprint density at radius 3 is 2.80 bits per heavy atom. The predicted molar refractivity (Wildman–Crippen MR) is 79.2 cm³/mol. The molecule has 0 saturated carbocycles. The zero-order valence-corrected chi connectivity index (χ0v) is 13.0. The molecule has 0 amide bonds. The molecule has 5 nitrogen and oxygen atoms in total. The molecule has 20 heavy (non-hydrogen) atoms. The molecule has 0 saturated heterocycles. The number of amidine groups is 1. The molecule has 2 rings (SSSR count). The van der Waals surface area contributed by atoms with E-state index in [9.17, 15) is 9.00 Å². The average Bonchev–Trinajstić information content (AvgIpc) is 2.76. The molecule has 0 radical (unpaired) electrons. The topological polar surface area (TPSA) is 59.0 Å². The van der Waals surface area contributed by atoms with E-state index < -0.39 is 16.8 Å². The molecule has 2 aliphatic heterocycles. The molecule has 1 atom stereocenters. The summed E-state index contributed by atoms with van der Waals surface area (Å²) in [5.41, 5.74) is 2.27. The summed E-state index contributed by atoms with van der Waals surface area (Å²) < 4.78 is 17.3. The van der Waals surface area contributed by atoms with Crippen molar-refractivity contribution in [3.05, 3.63) is 22.4 Å². The molecular weight excluding hydrogens is 276 g/mol. The number of nitrogens with zero attached hydrogens (tertiary/aromatic N) is 2. The van der Waals surface area contributed by atoms with E-state index in [4.69, 9.17) is 4.74 Å². The van der Waals surface area contributed by atoms with Crippen LogP contribution in [0, 0.1) is 0 Å². The summed E-state index contributed by atoms with van der Waals surface area (Å²) in [6.45, 7) is 6.87. The van der Waals surface area contributed by atoms with E-state index in [0.717, 1.165) is 25.0 Å². The van der Waals surface area contributed by atoms with Gasteiger partial charge in [0, 0.05) is 18.4 Å². The number of carbonyl (C=O) groups excluding carboxylic acids is 1. The number of hydrogen-bond donors (Lipinski definition) is 0. The van der Waals surface area contributed by atoms with Crippen LogP contribution in [0.3, 0.4) is 0 Å². The Bertz CT molecular complexity index is 535. The number of esters is 1. The Kier molecular flexibility index (Phi) is 4.75. The van der Waals surface area contributed by atoms with Gasteiger partial charge in [0.05, 0.1) is 6.61 Å². The number of rotatable bonds is 5. The number of fused-ring (bicyclic) bond motifs is 1. The Labute approximate surface area is 121 Å². The van der Waals surface area contributed by atoms with Gasteiger partial charge in [0.25, 0.3) is 0 Å². The lowest BCUT2D eigenvalue weighted by molar-refractivity contribution is -0.137. The third-order valence-corrected chi connectivity index (χ3v) is 4.60. The second kappa shape index (κ2) is 6.35. The van der Waals surface area contributed by atoms with Crippen LogP contribution in [0.5, 0.6) is 0 Å². The molecule has 6 heteroatoms. The average molecular weight is 296 g/mol. The molecule has 0 spiro atoms. The normalized spacial score (nSPS) is 21.6. The Morgan fingerprint density at radius 2 is 2.20 bits per heavy atom. The molecule has 0 aliphatic carbocycles. The van der Waals surface area contributed by atoms with Gasteiger partial charge in [-0.15, -0.1) is 0 Å². The smallest absolute Gasteiger partial charge is 0.349 e. The zero-order chi connectivity index (χ0) is 14.7. The highest BCUT2D eigenvalue weighted by atomic mass is 32.2. The third-order valence-electron chi connectivity index (χ3n) is 3.27. The van der Waals surface area contributed by atoms with Gasteiger partial charge in [-0.25, -0.2) is 14.0 Å². The minimum absolute atomic E-state index is 0.193. The summed E-state index contributed by atoms with van der Waals surface area (Å²) in [7, 11) is -1.52. The fourth-order valence-electron chi connectivity index (χ4n) is 2.28. The van der Waals surface area contributed by atoms with E-state index in [1.807, 2.05) is 0 Å². The minimum Gasteiger partial charge on any atom is -0.462 e. The van der Waals surface area contributed by atoms with E-state index in [1.54, 1.807) is 18.0 Å². The molecule has 0 fully saturated rings. The Balaban J connectivity index is 2.28. The van der Waals surface area contributed by atoms with Gasteiger partial charge >= 0.3 is 5.97 Å². The maximum Gasteiger partial charge on any atom is 0.349 e. The number of ether oxygens (including phenoxy) is 1. The molecule has 0 N–H and O–H groups in total. The summed E-state index contributed by atoms with van der Waals surface area (Å²) in [5, 5.41) is 0.466. The zero-order valence-electron chi connectivity index (χ0n) is 12.1. The molecule has 0 aromatic rings. The first-order valence-corrected chi connectivity index (χ1v) is 8.14. The molecule has 0 aromatic carbocycles. The highest BCUT2D eigenvalue weighted by molar-refractivity contribution is 8.05. The first-order chi connectivity index (χ1) is 9.62. The van der Waals surface area contributed by atoms with Gasteiger partial charge in [-0.1, -0.05) is 20.3 Å². The van der Waals surface area contributed by atoms with Gasteiger partial charge in [-0.3, -0.25) is 0 Å². The van der Waals surface area contributed by atoms with E-state index >= 15 is 0 Å². The van der Waals surface area contributed by atoms with E-state index in [0.29, 0.717) is 11.7 Å². The molecule has 1 unspecified atom stereocenters. The summed E-state index contributed by atoms with van der Waals surface area (Å²) in [5.74, 6) is -0.516. The lowest BCUT2D eigenvalue weighted by atomic mass is 10.1. The minimum atomic E-state index is -1.52. The van der Waals surface area contributed by atoms with Gasteiger partial charge < -0.3 is 9.64 Å². The second-order valence-corrected chi connectivity index (χ2v) is 6.00. The van der Waals surface area contributed by atoms with Crippen LogP contribution in [0.15, 0.2) is 27.4 Å². The third kappa shape index (κ3) is 2.70. The van der Waals surface area contributed by atoms with Gasteiger partial charge in [0.1, 0.15) is 15.7 Å².